The van der Waals surface area contributed by atoms with Crippen molar-refractivity contribution in [3.8, 4) is 0 Å². The molecule has 0 aliphatic carbocycles. The summed E-state index contributed by atoms with van der Waals surface area (Å²) >= 11 is 12.4. The third kappa shape index (κ3) is 3.72. The standard InChI is InChI=1S/C16H16Cl2FN/c1-2-20-16(13-5-3-4-6-14(13)17)9-11-7-8-12(19)10-15(11)18/h3-8,10,16,20H,2,9H2,1H3. The summed E-state index contributed by atoms with van der Waals surface area (Å²) in [4.78, 5) is 0. The Bertz CT molecular complexity index is 586. The van der Waals surface area contributed by atoms with Crippen molar-refractivity contribution in [2.75, 3.05) is 6.54 Å². The molecule has 1 unspecified atom stereocenters. The van der Waals surface area contributed by atoms with Crippen LogP contribution >= 0.6 is 23.2 Å². The molecule has 0 spiro atoms. The average molecular weight is 312 g/mol. The van der Waals surface area contributed by atoms with Crippen molar-refractivity contribution >= 4 is 23.2 Å². The van der Waals surface area contributed by atoms with E-state index in [1.807, 2.05) is 31.2 Å². The molecule has 2 rings (SSSR count). The van der Waals surface area contributed by atoms with Gasteiger partial charge in [0.15, 0.2) is 0 Å². The molecule has 0 aromatic heterocycles. The summed E-state index contributed by atoms with van der Waals surface area (Å²) in [6, 6.07) is 12.3. The molecule has 1 N–H and O–H groups in total. The highest BCUT2D eigenvalue weighted by molar-refractivity contribution is 6.31. The van der Waals surface area contributed by atoms with E-state index < -0.39 is 0 Å². The van der Waals surface area contributed by atoms with Crippen LogP contribution < -0.4 is 5.32 Å². The van der Waals surface area contributed by atoms with Crippen LogP contribution in [0.2, 0.25) is 10.0 Å². The van der Waals surface area contributed by atoms with Gasteiger partial charge in [-0.3, -0.25) is 0 Å². The molecule has 4 heteroatoms. The summed E-state index contributed by atoms with van der Waals surface area (Å²) in [5.74, 6) is -0.323. The van der Waals surface area contributed by atoms with Crippen LogP contribution in [-0.2, 0) is 6.42 Å². The number of benzene rings is 2. The van der Waals surface area contributed by atoms with Gasteiger partial charge in [-0.25, -0.2) is 4.39 Å². The van der Waals surface area contributed by atoms with Crippen LogP contribution in [0.15, 0.2) is 42.5 Å². The zero-order chi connectivity index (χ0) is 14.5. The van der Waals surface area contributed by atoms with Gasteiger partial charge in [0.1, 0.15) is 5.82 Å². The lowest BCUT2D eigenvalue weighted by molar-refractivity contribution is 0.549. The number of halogens is 3. The minimum absolute atomic E-state index is 0.0525. The van der Waals surface area contributed by atoms with E-state index in [2.05, 4.69) is 5.32 Å². The molecule has 0 heterocycles. The van der Waals surface area contributed by atoms with Gasteiger partial charge in [0.25, 0.3) is 0 Å². The van der Waals surface area contributed by atoms with Crippen LogP contribution in [-0.4, -0.2) is 6.54 Å². The largest absolute Gasteiger partial charge is 0.310 e. The summed E-state index contributed by atoms with van der Waals surface area (Å²) in [6.07, 6.45) is 0.663. The SMILES string of the molecule is CCNC(Cc1ccc(F)cc1Cl)c1ccccc1Cl. The summed E-state index contributed by atoms with van der Waals surface area (Å²) in [5, 5.41) is 4.56. The molecule has 20 heavy (non-hydrogen) atoms. The smallest absolute Gasteiger partial charge is 0.124 e. The van der Waals surface area contributed by atoms with Crippen molar-refractivity contribution in [1.82, 2.24) is 5.32 Å². The Kier molecular flexibility index (Phi) is 5.41. The lowest BCUT2D eigenvalue weighted by Gasteiger charge is -2.20. The summed E-state index contributed by atoms with van der Waals surface area (Å²) < 4.78 is 13.1. The molecular weight excluding hydrogens is 296 g/mol. The van der Waals surface area contributed by atoms with Gasteiger partial charge in [-0.15, -0.1) is 0 Å². The Morgan fingerprint density at radius 1 is 1.10 bits per heavy atom. The highest BCUT2D eigenvalue weighted by Gasteiger charge is 2.15. The molecule has 2 aromatic rings. The van der Waals surface area contributed by atoms with Gasteiger partial charge in [0.05, 0.1) is 0 Å². The van der Waals surface area contributed by atoms with E-state index in [1.54, 1.807) is 6.07 Å². The first-order valence-corrected chi connectivity index (χ1v) is 7.29. The minimum atomic E-state index is -0.323. The third-order valence-corrected chi connectivity index (χ3v) is 3.87. The van der Waals surface area contributed by atoms with Crippen molar-refractivity contribution in [1.29, 1.82) is 0 Å². The van der Waals surface area contributed by atoms with Gasteiger partial charge in [0, 0.05) is 16.1 Å². The van der Waals surface area contributed by atoms with Crippen molar-refractivity contribution in [3.05, 3.63) is 69.5 Å². The predicted molar refractivity (Wildman–Crippen MR) is 83.0 cm³/mol. The Hall–Kier alpha value is -1.09. The molecule has 106 valence electrons. The molecule has 0 amide bonds. The quantitative estimate of drug-likeness (QED) is 0.817. The topological polar surface area (TPSA) is 12.0 Å². The number of rotatable bonds is 5. The Morgan fingerprint density at radius 3 is 2.50 bits per heavy atom. The van der Waals surface area contributed by atoms with E-state index in [1.165, 1.54) is 12.1 Å². The first-order valence-electron chi connectivity index (χ1n) is 6.53. The van der Waals surface area contributed by atoms with E-state index in [-0.39, 0.29) is 11.9 Å². The number of hydrogen-bond acceptors (Lipinski definition) is 1. The second-order valence-corrected chi connectivity index (χ2v) is 5.39. The zero-order valence-electron chi connectivity index (χ0n) is 11.2. The Morgan fingerprint density at radius 2 is 1.85 bits per heavy atom. The molecule has 0 fully saturated rings. The first-order chi connectivity index (χ1) is 9.61. The van der Waals surface area contributed by atoms with Crippen molar-refractivity contribution in [2.45, 2.75) is 19.4 Å². The number of hydrogen-bond donors (Lipinski definition) is 1. The fourth-order valence-electron chi connectivity index (χ4n) is 2.20. The highest BCUT2D eigenvalue weighted by atomic mass is 35.5. The van der Waals surface area contributed by atoms with Crippen LogP contribution in [0.1, 0.15) is 24.1 Å². The molecular formula is C16H16Cl2FN. The van der Waals surface area contributed by atoms with E-state index in [4.69, 9.17) is 23.2 Å². The lowest BCUT2D eigenvalue weighted by atomic mass is 9.98. The van der Waals surface area contributed by atoms with E-state index in [0.29, 0.717) is 11.4 Å². The molecule has 2 aromatic carbocycles. The number of nitrogens with one attached hydrogen (secondary N) is 1. The fourth-order valence-corrected chi connectivity index (χ4v) is 2.72. The minimum Gasteiger partial charge on any atom is -0.310 e. The highest BCUT2D eigenvalue weighted by Crippen LogP contribution is 2.28. The molecule has 0 aliphatic heterocycles. The monoisotopic (exact) mass is 311 g/mol. The van der Waals surface area contributed by atoms with Gasteiger partial charge in [0.2, 0.25) is 0 Å². The molecule has 0 bridgehead atoms. The summed E-state index contributed by atoms with van der Waals surface area (Å²) in [7, 11) is 0. The normalized spacial score (nSPS) is 12.4. The summed E-state index contributed by atoms with van der Waals surface area (Å²) in [6.45, 7) is 2.85. The van der Waals surface area contributed by atoms with Crippen LogP contribution in [0.25, 0.3) is 0 Å². The van der Waals surface area contributed by atoms with E-state index >= 15 is 0 Å². The second-order valence-electron chi connectivity index (χ2n) is 4.57. The zero-order valence-corrected chi connectivity index (χ0v) is 12.7. The van der Waals surface area contributed by atoms with Crippen LogP contribution in [0.3, 0.4) is 0 Å². The Labute approximate surface area is 128 Å². The van der Waals surface area contributed by atoms with Gasteiger partial charge in [-0.05, 0) is 42.3 Å². The molecule has 0 radical (unpaired) electrons. The van der Waals surface area contributed by atoms with Gasteiger partial charge in [-0.1, -0.05) is 54.4 Å². The lowest BCUT2D eigenvalue weighted by Crippen LogP contribution is -2.23. The number of likely N-dealkylation sites (N-methyl/N-ethyl adjacent to an activating group) is 1. The summed E-state index contributed by atoms with van der Waals surface area (Å²) in [5.41, 5.74) is 1.93. The average Bonchev–Trinajstić information content (AvgIpc) is 2.42. The first kappa shape index (κ1) is 15.3. The van der Waals surface area contributed by atoms with Crippen molar-refractivity contribution in [2.24, 2.45) is 0 Å². The maximum absolute atomic E-state index is 13.1. The van der Waals surface area contributed by atoms with Gasteiger partial charge in [-0.2, -0.15) is 0 Å². The van der Waals surface area contributed by atoms with E-state index in [9.17, 15) is 4.39 Å². The molecule has 0 aliphatic rings. The van der Waals surface area contributed by atoms with Crippen LogP contribution in [0.4, 0.5) is 4.39 Å². The van der Waals surface area contributed by atoms with Gasteiger partial charge >= 0.3 is 0 Å². The van der Waals surface area contributed by atoms with Crippen LogP contribution in [0.5, 0.6) is 0 Å². The van der Waals surface area contributed by atoms with Crippen LogP contribution in [0, 0.1) is 5.82 Å². The van der Waals surface area contributed by atoms with Crippen molar-refractivity contribution in [3.63, 3.8) is 0 Å². The molecule has 1 nitrogen and oxygen atoms in total. The maximum atomic E-state index is 13.1. The molecule has 1 atom stereocenters. The van der Waals surface area contributed by atoms with Crippen molar-refractivity contribution < 1.29 is 4.39 Å². The molecule has 0 saturated heterocycles. The van der Waals surface area contributed by atoms with E-state index in [0.717, 1.165) is 22.7 Å². The maximum Gasteiger partial charge on any atom is 0.124 e. The predicted octanol–water partition coefficient (Wildman–Crippen LogP) is 5.03. The second kappa shape index (κ2) is 7.07. The van der Waals surface area contributed by atoms with Gasteiger partial charge < -0.3 is 5.32 Å². The fraction of sp³-hybridized carbons (Fsp3) is 0.250. The Balaban J connectivity index is 2.28. The molecule has 0 saturated carbocycles. The third-order valence-electron chi connectivity index (χ3n) is 3.17.